The first-order chi connectivity index (χ1) is 12.4. The highest BCUT2D eigenvalue weighted by atomic mass is 35.5. The summed E-state index contributed by atoms with van der Waals surface area (Å²) in [5.41, 5.74) is 2.52. The number of urea groups is 1. The van der Waals surface area contributed by atoms with Gasteiger partial charge >= 0.3 is 6.03 Å². The van der Waals surface area contributed by atoms with Gasteiger partial charge in [-0.3, -0.25) is 9.80 Å². The Hall–Kier alpha value is -2.05. The minimum Gasteiger partial charge on any atom is -0.288 e. The Morgan fingerprint density at radius 2 is 1.62 bits per heavy atom. The van der Waals surface area contributed by atoms with Crippen molar-refractivity contribution in [1.29, 1.82) is 0 Å². The van der Waals surface area contributed by atoms with Crippen LogP contribution in [-0.2, 0) is 16.3 Å². The van der Waals surface area contributed by atoms with E-state index in [-0.39, 0.29) is 23.6 Å². The summed E-state index contributed by atoms with van der Waals surface area (Å²) in [6.07, 6.45) is 0.906. The van der Waals surface area contributed by atoms with E-state index in [0.29, 0.717) is 10.7 Å². The molecule has 0 N–H and O–H groups in total. The lowest BCUT2D eigenvalue weighted by Crippen LogP contribution is -2.37. The summed E-state index contributed by atoms with van der Waals surface area (Å²) < 4.78 is 24.6. The van der Waals surface area contributed by atoms with E-state index in [1.807, 2.05) is 24.3 Å². The van der Waals surface area contributed by atoms with Crippen molar-refractivity contribution in [3.8, 4) is 0 Å². The van der Waals surface area contributed by atoms with E-state index in [0.717, 1.165) is 12.1 Å². The van der Waals surface area contributed by atoms with Gasteiger partial charge in [0.15, 0.2) is 9.84 Å². The van der Waals surface area contributed by atoms with Gasteiger partial charge in [0.2, 0.25) is 0 Å². The number of carbonyl (C=O) groups excluding carboxylic acids is 1. The zero-order valence-corrected chi connectivity index (χ0v) is 15.9. The first kappa shape index (κ1) is 17.4. The Kier molecular flexibility index (Phi) is 4.20. The molecule has 7 heteroatoms. The van der Waals surface area contributed by atoms with Gasteiger partial charge in [-0.05, 0) is 42.3 Å². The lowest BCUT2D eigenvalue weighted by atomic mass is 10.1. The Balaban J connectivity index is 1.78. The van der Waals surface area contributed by atoms with Crippen molar-refractivity contribution in [2.45, 2.75) is 25.4 Å². The summed E-state index contributed by atoms with van der Waals surface area (Å²) >= 11 is 6.09. The average Bonchev–Trinajstić information content (AvgIpc) is 3.03. The lowest BCUT2D eigenvalue weighted by Gasteiger charge is -2.23. The van der Waals surface area contributed by atoms with E-state index in [9.17, 15) is 13.2 Å². The molecule has 2 saturated heterocycles. The van der Waals surface area contributed by atoms with Crippen molar-refractivity contribution in [3.05, 3.63) is 59.1 Å². The number of carbonyl (C=O) groups is 1. The Morgan fingerprint density at radius 3 is 2.19 bits per heavy atom. The normalized spacial score (nSPS) is 24.2. The molecule has 2 amide bonds. The average molecular weight is 391 g/mol. The van der Waals surface area contributed by atoms with Crippen LogP contribution < -0.4 is 9.80 Å². The molecular weight excluding hydrogens is 372 g/mol. The number of rotatable bonds is 3. The van der Waals surface area contributed by atoms with E-state index < -0.39 is 15.9 Å². The zero-order valence-electron chi connectivity index (χ0n) is 14.3. The molecule has 0 aromatic heterocycles. The lowest BCUT2D eigenvalue weighted by molar-refractivity contribution is 0.255. The summed E-state index contributed by atoms with van der Waals surface area (Å²) in [4.78, 5) is 16.4. The van der Waals surface area contributed by atoms with Gasteiger partial charge < -0.3 is 0 Å². The maximum absolute atomic E-state index is 13.2. The summed E-state index contributed by atoms with van der Waals surface area (Å²) in [5, 5.41) is 0.512. The highest BCUT2D eigenvalue weighted by Crippen LogP contribution is 2.38. The van der Waals surface area contributed by atoms with Crippen LogP contribution in [-0.4, -0.2) is 38.0 Å². The van der Waals surface area contributed by atoms with Gasteiger partial charge in [0.25, 0.3) is 0 Å². The largest absolute Gasteiger partial charge is 0.329 e. The van der Waals surface area contributed by atoms with Crippen molar-refractivity contribution < 1.29 is 13.2 Å². The molecule has 2 fully saturated rings. The van der Waals surface area contributed by atoms with Gasteiger partial charge in [-0.25, -0.2) is 13.2 Å². The van der Waals surface area contributed by atoms with Crippen molar-refractivity contribution in [2.75, 3.05) is 21.3 Å². The third kappa shape index (κ3) is 2.87. The standard InChI is InChI=1S/C19H19ClN2O3S/c1-2-13-6-8-15(9-7-13)21-17-11-26(24,25)12-18(17)22(19(21)23)16-5-3-4-14(20)10-16/h3-10,17-18H,2,11-12H2,1H3/t17-,18-/m1/s1. The fourth-order valence-electron chi connectivity index (χ4n) is 3.83. The molecule has 2 atom stereocenters. The molecule has 0 saturated carbocycles. The van der Waals surface area contributed by atoms with Gasteiger partial charge in [0, 0.05) is 16.4 Å². The number of nitrogens with zero attached hydrogens (tertiary/aromatic N) is 2. The summed E-state index contributed by atoms with van der Waals surface area (Å²) in [6, 6.07) is 13.7. The molecule has 0 spiro atoms. The van der Waals surface area contributed by atoms with Crippen molar-refractivity contribution in [3.63, 3.8) is 0 Å². The first-order valence-corrected chi connectivity index (χ1v) is 10.8. The number of amides is 2. The van der Waals surface area contributed by atoms with Crippen LogP contribution in [0.5, 0.6) is 0 Å². The number of hydrogen-bond donors (Lipinski definition) is 0. The highest BCUT2D eigenvalue weighted by molar-refractivity contribution is 7.91. The number of benzene rings is 2. The molecule has 2 heterocycles. The molecular formula is C19H19ClN2O3S. The predicted molar refractivity (Wildman–Crippen MR) is 104 cm³/mol. The Labute approximate surface area is 158 Å². The van der Waals surface area contributed by atoms with E-state index >= 15 is 0 Å². The number of aryl methyl sites for hydroxylation is 1. The smallest absolute Gasteiger partial charge is 0.288 e. The zero-order chi connectivity index (χ0) is 18.5. The number of halogens is 1. The van der Waals surface area contributed by atoms with Crippen molar-refractivity contribution >= 4 is 38.8 Å². The fourth-order valence-corrected chi connectivity index (χ4v) is 5.93. The topological polar surface area (TPSA) is 57.7 Å². The molecule has 136 valence electrons. The number of fused-ring (bicyclic) bond motifs is 1. The Bertz CT molecular complexity index is 959. The molecule has 5 nitrogen and oxygen atoms in total. The predicted octanol–water partition coefficient (Wildman–Crippen LogP) is 3.51. The van der Waals surface area contributed by atoms with E-state index in [1.165, 1.54) is 5.56 Å². The third-order valence-corrected chi connectivity index (χ3v) is 7.01. The quantitative estimate of drug-likeness (QED) is 0.753. The molecule has 0 unspecified atom stereocenters. The first-order valence-electron chi connectivity index (χ1n) is 8.57. The van der Waals surface area contributed by atoms with E-state index in [1.54, 1.807) is 34.1 Å². The molecule has 2 aliphatic heterocycles. The third-order valence-electron chi connectivity index (χ3n) is 5.08. The van der Waals surface area contributed by atoms with Crippen molar-refractivity contribution in [2.24, 2.45) is 0 Å². The molecule has 0 bridgehead atoms. The van der Waals surface area contributed by atoms with Crippen LogP contribution in [0.25, 0.3) is 0 Å². The SMILES string of the molecule is CCc1ccc(N2C(=O)N(c3cccc(Cl)c3)[C@@H]3CS(=O)(=O)C[C@H]32)cc1. The second-order valence-corrected chi connectivity index (χ2v) is 9.32. The minimum absolute atomic E-state index is 0.0179. The molecule has 2 aliphatic rings. The summed E-state index contributed by atoms with van der Waals surface area (Å²) in [5.74, 6) is -0.0462. The van der Waals surface area contributed by atoms with Gasteiger partial charge in [0.1, 0.15) is 0 Å². The molecule has 2 aromatic carbocycles. The van der Waals surface area contributed by atoms with Gasteiger partial charge in [-0.15, -0.1) is 0 Å². The van der Waals surface area contributed by atoms with Crippen LogP contribution >= 0.6 is 11.6 Å². The molecule has 26 heavy (non-hydrogen) atoms. The monoisotopic (exact) mass is 390 g/mol. The maximum Gasteiger partial charge on any atom is 0.329 e. The highest BCUT2D eigenvalue weighted by Gasteiger charge is 2.54. The Morgan fingerprint density at radius 1 is 1.00 bits per heavy atom. The second-order valence-electron chi connectivity index (χ2n) is 6.73. The molecule has 0 aliphatic carbocycles. The van der Waals surface area contributed by atoms with E-state index in [4.69, 9.17) is 11.6 Å². The maximum atomic E-state index is 13.2. The van der Waals surface area contributed by atoms with Crippen LogP contribution in [0.4, 0.5) is 16.2 Å². The van der Waals surface area contributed by atoms with Gasteiger partial charge in [-0.1, -0.05) is 36.7 Å². The minimum atomic E-state index is -3.20. The van der Waals surface area contributed by atoms with Crippen molar-refractivity contribution in [1.82, 2.24) is 0 Å². The van der Waals surface area contributed by atoms with Gasteiger partial charge in [-0.2, -0.15) is 0 Å². The van der Waals surface area contributed by atoms with Crippen LogP contribution in [0.1, 0.15) is 12.5 Å². The van der Waals surface area contributed by atoms with Gasteiger partial charge in [0.05, 0.1) is 23.6 Å². The number of sulfone groups is 1. The van der Waals surface area contributed by atoms with Crippen LogP contribution in [0, 0.1) is 0 Å². The molecule has 2 aromatic rings. The second kappa shape index (κ2) is 6.28. The molecule has 4 rings (SSSR count). The van der Waals surface area contributed by atoms with Crippen LogP contribution in [0.2, 0.25) is 5.02 Å². The van der Waals surface area contributed by atoms with Crippen LogP contribution in [0.15, 0.2) is 48.5 Å². The number of anilines is 2. The number of hydrogen-bond acceptors (Lipinski definition) is 3. The van der Waals surface area contributed by atoms with Crippen LogP contribution in [0.3, 0.4) is 0 Å². The summed E-state index contributed by atoms with van der Waals surface area (Å²) in [6.45, 7) is 2.07. The molecule has 0 radical (unpaired) electrons. The fraction of sp³-hybridized carbons (Fsp3) is 0.316. The summed E-state index contributed by atoms with van der Waals surface area (Å²) in [7, 11) is -3.20. The van der Waals surface area contributed by atoms with E-state index in [2.05, 4.69) is 6.92 Å².